The highest BCUT2D eigenvalue weighted by Gasteiger charge is 2.27. The number of aromatic nitrogens is 1. The molecule has 0 bridgehead atoms. The van der Waals surface area contributed by atoms with E-state index >= 15 is 0 Å². The van der Waals surface area contributed by atoms with Gasteiger partial charge >= 0.3 is 0 Å². The quantitative estimate of drug-likeness (QED) is 0.745. The van der Waals surface area contributed by atoms with Gasteiger partial charge in [-0.05, 0) is 43.2 Å². The molecule has 7 nitrogen and oxygen atoms in total. The Hall–Kier alpha value is -2.80. The second kappa shape index (κ2) is 8.73. The van der Waals surface area contributed by atoms with Crippen molar-refractivity contribution in [2.24, 2.45) is 0 Å². The maximum Gasteiger partial charge on any atom is 0.255 e. The third-order valence-corrected chi connectivity index (χ3v) is 4.83. The monoisotopic (exact) mass is 371 g/mol. The van der Waals surface area contributed by atoms with E-state index in [4.69, 9.17) is 0 Å². The molecule has 1 atom stereocenters. The Labute approximate surface area is 158 Å². The average molecular weight is 371 g/mol. The fourth-order valence-corrected chi connectivity index (χ4v) is 3.31. The van der Waals surface area contributed by atoms with Gasteiger partial charge in [0.25, 0.3) is 5.91 Å². The van der Waals surface area contributed by atoms with Crippen LogP contribution in [0.5, 0.6) is 5.75 Å². The Morgan fingerprint density at radius 3 is 2.37 bits per heavy atom. The van der Waals surface area contributed by atoms with Crippen molar-refractivity contribution in [3.05, 3.63) is 48.3 Å². The maximum absolute atomic E-state index is 12.7. The molecular formula is C20H25N3O4. The number of aromatic hydroxyl groups is 1. The van der Waals surface area contributed by atoms with Crippen LogP contribution < -0.4 is 5.32 Å². The standard InChI is InChI=1S/C20H25N3O4/c24-14-17(20(27)23-11-3-1-2-4-12-23)21-19(26)16-13-15(7-8-18(16)25)22-9-5-6-10-22/h5-10,13,17,24-25H,1-4,11-12,14H2,(H,21,26). The van der Waals surface area contributed by atoms with Crippen LogP contribution in [0.1, 0.15) is 36.0 Å². The molecule has 2 amide bonds. The van der Waals surface area contributed by atoms with Gasteiger partial charge < -0.3 is 25.0 Å². The van der Waals surface area contributed by atoms with Crippen LogP contribution in [0.15, 0.2) is 42.7 Å². The summed E-state index contributed by atoms with van der Waals surface area (Å²) in [6.45, 7) is 0.790. The number of phenols is 1. The summed E-state index contributed by atoms with van der Waals surface area (Å²) in [6.07, 6.45) is 7.68. The molecule has 1 aliphatic heterocycles. The van der Waals surface area contributed by atoms with Gasteiger partial charge in [0.2, 0.25) is 5.91 Å². The Kier molecular flexibility index (Phi) is 6.13. The minimum absolute atomic E-state index is 0.0586. The molecule has 0 aliphatic carbocycles. The number of rotatable bonds is 5. The fourth-order valence-electron chi connectivity index (χ4n) is 3.31. The highest BCUT2D eigenvalue weighted by atomic mass is 16.3. The van der Waals surface area contributed by atoms with Gasteiger partial charge in [0.15, 0.2) is 0 Å². The summed E-state index contributed by atoms with van der Waals surface area (Å²) < 4.78 is 1.81. The largest absolute Gasteiger partial charge is 0.507 e. The van der Waals surface area contributed by atoms with Crippen LogP contribution in [-0.2, 0) is 4.79 Å². The molecule has 0 radical (unpaired) electrons. The van der Waals surface area contributed by atoms with E-state index in [9.17, 15) is 19.8 Å². The molecule has 27 heavy (non-hydrogen) atoms. The second-order valence-corrected chi connectivity index (χ2v) is 6.74. The zero-order valence-corrected chi connectivity index (χ0v) is 15.2. The zero-order chi connectivity index (χ0) is 19.2. The highest BCUT2D eigenvalue weighted by molar-refractivity contribution is 6.00. The third kappa shape index (κ3) is 4.49. The molecule has 2 heterocycles. The van der Waals surface area contributed by atoms with Crippen molar-refractivity contribution in [2.75, 3.05) is 19.7 Å². The van der Waals surface area contributed by atoms with Crippen LogP contribution in [0.3, 0.4) is 0 Å². The van der Waals surface area contributed by atoms with Crippen molar-refractivity contribution >= 4 is 11.8 Å². The predicted molar refractivity (Wildman–Crippen MR) is 101 cm³/mol. The van der Waals surface area contributed by atoms with E-state index in [0.29, 0.717) is 18.8 Å². The van der Waals surface area contributed by atoms with Crippen LogP contribution in [-0.4, -0.2) is 57.2 Å². The van der Waals surface area contributed by atoms with E-state index in [1.807, 2.05) is 29.1 Å². The Bertz CT molecular complexity index is 781. The SMILES string of the molecule is O=C(NC(CO)C(=O)N1CCCCCC1)c1cc(-n2cccc2)ccc1O. The van der Waals surface area contributed by atoms with Gasteiger partial charge in [-0.2, -0.15) is 0 Å². The van der Waals surface area contributed by atoms with E-state index in [-0.39, 0.29) is 17.2 Å². The van der Waals surface area contributed by atoms with Crippen molar-refractivity contribution in [1.82, 2.24) is 14.8 Å². The van der Waals surface area contributed by atoms with Gasteiger partial charge in [-0.25, -0.2) is 0 Å². The lowest BCUT2D eigenvalue weighted by Gasteiger charge is -2.25. The normalized spacial score (nSPS) is 15.8. The molecule has 1 saturated heterocycles. The van der Waals surface area contributed by atoms with Crippen molar-refractivity contribution in [1.29, 1.82) is 0 Å². The Morgan fingerprint density at radius 2 is 1.74 bits per heavy atom. The number of carbonyl (C=O) groups is 2. The minimum Gasteiger partial charge on any atom is -0.507 e. The fraction of sp³-hybridized carbons (Fsp3) is 0.400. The van der Waals surface area contributed by atoms with Gasteiger partial charge in [0, 0.05) is 31.2 Å². The summed E-state index contributed by atoms with van der Waals surface area (Å²) >= 11 is 0. The third-order valence-electron chi connectivity index (χ3n) is 4.83. The van der Waals surface area contributed by atoms with Crippen LogP contribution in [0.2, 0.25) is 0 Å². The first-order valence-corrected chi connectivity index (χ1v) is 9.27. The molecule has 144 valence electrons. The lowest BCUT2D eigenvalue weighted by molar-refractivity contribution is -0.134. The number of hydrogen-bond donors (Lipinski definition) is 3. The van der Waals surface area contributed by atoms with Crippen molar-refractivity contribution in [2.45, 2.75) is 31.7 Å². The first-order valence-electron chi connectivity index (χ1n) is 9.27. The lowest BCUT2D eigenvalue weighted by atomic mass is 10.1. The molecular weight excluding hydrogens is 346 g/mol. The van der Waals surface area contributed by atoms with Crippen LogP contribution in [0.4, 0.5) is 0 Å². The summed E-state index contributed by atoms with van der Waals surface area (Å²) in [4.78, 5) is 27.0. The summed E-state index contributed by atoms with van der Waals surface area (Å²) in [5.41, 5.74) is 0.769. The van der Waals surface area contributed by atoms with Crippen molar-refractivity contribution < 1.29 is 19.8 Å². The minimum atomic E-state index is -1.02. The number of benzene rings is 1. The Morgan fingerprint density at radius 1 is 1.07 bits per heavy atom. The molecule has 2 aromatic rings. The zero-order valence-electron chi connectivity index (χ0n) is 15.2. The molecule has 7 heteroatoms. The molecule has 1 unspecified atom stereocenters. The summed E-state index contributed by atoms with van der Waals surface area (Å²) in [7, 11) is 0. The number of nitrogens with one attached hydrogen (secondary N) is 1. The van der Waals surface area contributed by atoms with Gasteiger partial charge in [0.1, 0.15) is 11.8 Å². The van der Waals surface area contributed by atoms with Crippen LogP contribution in [0, 0.1) is 0 Å². The number of phenolic OH excluding ortho intramolecular Hbond substituents is 1. The molecule has 1 fully saturated rings. The smallest absolute Gasteiger partial charge is 0.255 e. The maximum atomic E-state index is 12.7. The Balaban J connectivity index is 1.74. The lowest BCUT2D eigenvalue weighted by Crippen LogP contribution is -2.50. The van der Waals surface area contributed by atoms with E-state index in [1.165, 1.54) is 6.07 Å². The van der Waals surface area contributed by atoms with Gasteiger partial charge in [-0.15, -0.1) is 0 Å². The molecule has 0 saturated carbocycles. The molecule has 3 rings (SSSR count). The topological polar surface area (TPSA) is 94.8 Å². The first-order chi connectivity index (χ1) is 13.1. The predicted octanol–water partition coefficient (Wildman–Crippen LogP) is 1.68. The average Bonchev–Trinajstić information content (AvgIpc) is 3.08. The van der Waals surface area contributed by atoms with E-state index in [1.54, 1.807) is 17.0 Å². The van der Waals surface area contributed by atoms with Gasteiger partial charge in [-0.1, -0.05) is 12.8 Å². The molecule has 0 spiro atoms. The van der Waals surface area contributed by atoms with E-state index in [0.717, 1.165) is 25.7 Å². The second-order valence-electron chi connectivity index (χ2n) is 6.74. The van der Waals surface area contributed by atoms with E-state index in [2.05, 4.69) is 5.32 Å². The van der Waals surface area contributed by atoms with Gasteiger partial charge in [0.05, 0.1) is 12.2 Å². The summed E-state index contributed by atoms with van der Waals surface area (Å²) in [5, 5.41) is 22.3. The van der Waals surface area contributed by atoms with Crippen molar-refractivity contribution in [3.63, 3.8) is 0 Å². The van der Waals surface area contributed by atoms with Crippen LogP contribution in [0.25, 0.3) is 5.69 Å². The molecule has 3 N–H and O–H groups in total. The van der Waals surface area contributed by atoms with E-state index < -0.39 is 18.6 Å². The van der Waals surface area contributed by atoms with Gasteiger partial charge in [-0.3, -0.25) is 9.59 Å². The number of aliphatic hydroxyl groups excluding tert-OH is 1. The summed E-state index contributed by atoms with van der Waals surface area (Å²) in [6, 6.07) is 7.37. The number of carbonyl (C=O) groups excluding carboxylic acids is 2. The number of aliphatic hydroxyl groups is 1. The summed E-state index contributed by atoms with van der Waals surface area (Å²) in [5.74, 6) is -1.06. The first kappa shape index (κ1) is 19.0. The highest BCUT2D eigenvalue weighted by Crippen LogP contribution is 2.21. The van der Waals surface area contributed by atoms with Crippen molar-refractivity contribution in [3.8, 4) is 11.4 Å². The molecule has 1 aliphatic rings. The number of amides is 2. The number of nitrogens with zero attached hydrogens (tertiary/aromatic N) is 2. The number of likely N-dealkylation sites (tertiary alicyclic amines) is 1. The van der Waals surface area contributed by atoms with Crippen LogP contribution >= 0.6 is 0 Å². The number of hydrogen-bond acceptors (Lipinski definition) is 4. The molecule has 1 aromatic heterocycles. The molecule has 1 aromatic carbocycles.